The molecule has 0 aliphatic carbocycles. The van der Waals surface area contributed by atoms with Crippen LogP contribution in [0.4, 0.5) is 5.69 Å². The molecule has 0 saturated carbocycles. The molecule has 3 N–H and O–H groups in total. The molecular weight excluding hydrogens is 504 g/mol. The molecule has 10 heteroatoms. The molecule has 1 aliphatic rings. The van der Waals surface area contributed by atoms with Gasteiger partial charge in [-0.05, 0) is 80.4 Å². The Labute approximate surface area is 223 Å². The van der Waals surface area contributed by atoms with E-state index in [2.05, 4.69) is 15.4 Å². The number of nitrogens with one attached hydrogen (secondary N) is 3. The van der Waals surface area contributed by atoms with Crippen molar-refractivity contribution >= 4 is 27.5 Å². The summed E-state index contributed by atoms with van der Waals surface area (Å²) in [7, 11) is -2.41. The van der Waals surface area contributed by atoms with Crippen LogP contribution in [0.25, 0.3) is 0 Å². The molecule has 1 saturated heterocycles. The molecule has 1 fully saturated rings. The number of likely N-dealkylation sites (N-methyl/N-ethyl adjacent to an activating group) is 1. The first kappa shape index (κ1) is 27.2. The van der Waals surface area contributed by atoms with Gasteiger partial charge in [-0.3, -0.25) is 14.3 Å². The second-order valence-corrected chi connectivity index (χ2v) is 10.9. The molecule has 3 aromatic rings. The lowest BCUT2D eigenvalue weighted by molar-refractivity contribution is -0.121. The number of carbonyl (C=O) groups is 2. The topological polar surface area (TPSA) is 117 Å². The van der Waals surface area contributed by atoms with Crippen molar-refractivity contribution in [2.45, 2.75) is 17.7 Å². The zero-order chi connectivity index (χ0) is 27.0. The van der Waals surface area contributed by atoms with Crippen molar-refractivity contribution in [3.63, 3.8) is 0 Å². The summed E-state index contributed by atoms with van der Waals surface area (Å²) in [6, 6.07) is 21.4. The number of benzene rings is 3. The van der Waals surface area contributed by atoms with Crippen LogP contribution in [0, 0.1) is 5.92 Å². The van der Waals surface area contributed by atoms with E-state index in [1.54, 1.807) is 43.4 Å². The van der Waals surface area contributed by atoms with Gasteiger partial charge in [0.25, 0.3) is 15.9 Å². The molecule has 2 amide bonds. The Hall–Kier alpha value is -3.89. The van der Waals surface area contributed by atoms with Gasteiger partial charge in [0.05, 0.1) is 17.1 Å². The number of sulfonamides is 1. The minimum absolute atomic E-state index is 0.00840. The summed E-state index contributed by atoms with van der Waals surface area (Å²) in [6.07, 6.45) is 2.04. The predicted molar refractivity (Wildman–Crippen MR) is 146 cm³/mol. The van der Waals surface area contributed by atoms with E-state index < -0.39 is 10.0 Å². The fraction of sp³-hybridized carbons (Fsp3) is 0.286. The second kappa shape index (κ2) is 12.6. The molecular formula is C28H32N4O5S. The predicted octanol–water partition coefficient (Wildman–Crippen LogP) is 3.47. The number of nitrogens with zero attached hydrogens (tertiary/aromatic N) is 1. The molecule has 9 nitrogen and oxygen atoms in total. The number of piperidine rings is 1. The fourth-order valence-electron chi connectivity index (χ4n) is 4.14. The van der Waals surface area contributed by atoms with Crippen LogP contribution in [-0.2, 0) is 14.8 Å². The third kappa shape index (κ3) is 7.33. The molecule has 0 spiro atoms. The first-order chi connectivity index (χ1) is 18.3. The lowest BCUT2D eigenvalue weighted by Gasteiger charge is -2.23. The van der Waals surface area contributed by atoms with E-state index in [1.807, 2.05) is 18.2 Å². The maximum Gasteiger partial charge on any atom is 0.262 e. The molecule has 1 aliphatic heterocycles. The van der Waals surface area contributed by atoms with Gasteiger partial charge in [0.1, 0.15) is 5.75 Å². The molecule has 0 bridgehead atoms. The van der Waals surface area contributed by atoms with Crippen molar-refractivity contribution in [3.8, 4) is 11.5 Å². The van der Waals surface area contributed by atoms with Crippen molar-refractivity contribution in [1.82, 2.24) is 15.5 Å². The van der Waals surface area contributed by atoms with Gasteiger partial charge >= 0.3 is 0 Å². The van der Waals surface area contributed by atoms with E-state index in [1.165, 1.54) is 29.2 Å². The van der Waals surface area contributed by atoms with Gasteiger partial charge in [0.15, 0.2) is 5.75 Å². The third-order valence-corrected chi connectivity index (χ3v) is 7.67. The Morgan fingerprint density at radius 3 is 2.32 bits per heavy atom. The van der Waals surface area contributed by atoms with Crippen molar-refractivity contribution in [3.05, 3.63) is 84.4 Å². The van der Waals surface area contributed by atoms with Gasteiger partial charge in [-0.15, -0.1) is 0 Å². The number of anilines is 1. The van der Waals surface area contributed by atoms with Crippen LogP contribution in [0.5, 0.6) is 11.5 Å². The largest absolute Gasteiger partial charge is 0.455 e. The summed E-state index contributed by atoms with van der Waals surface area (Å²) >= 11 is 0. The van der Waals surface area contributed by atoms with Gasteiger partial charge < -0.3 is 20.3 Å². The van der Waals surface area contributed by atoms with E-state index in [0.29, 0.717) is 24.0 Å². The number of hydrogen-bond acceptors (Lipinski definition) is 6. The molecule has 0 unspecified atom stereocenters. The number of hydrogen-bond donors (Lipinski definition) is 3. The first-order valence-electron chi connectivity index (χ1n) is 12.5. The van der Waals surface area contributed by atoms with Crippen LogP contribution < -0.4 is 20.1 Å². The Balaban J connectivity index is 1.36. The number of ether oxygens (including phenoxy) is 1. The van der Waals surface area contributed by atoms with Crippen molar-refractivity contribution in [1.29, 1.82) is 0 Å². The number of carbonyl (C=O) groups excluding carboxylic acids is 2. The highest BCUT2D eigenvalue weighted by molar-refractivity contribution is 7.92. The smallest absolute Gasteiger partial charge is 0.262 e. The summed E-state index contributed by atoms with van der Waals surface area (Å²) in [6.45, 7) is 2.42. The summed E-state index contributed by atoms with van der Waals surface area (Å²) < 4.78 is 34.5. The molecule has 3 aromatic carbocycles. The Kier molecular flexibility index (Phi) is 8.98. The third-order valence-electron chi connectivity index (χ3n) is 6.29. The van der Waals surface area contributed by atoms with Crippen molar-refractivity contribution < 1.29 is 22.7 Å². The molecule has 0 aromatic heterocycles. The Bertz CT molecular complexity index is 1340. The average molecular weight is 537 g/mol. The minimum Gasteiger partial charge on any atom is -0.455 e. The molecule has 0 radical (unpaired) electrons. The quantitative estimate of drug-likeness (QED) is 0.365. The highest BCUT2D eigenvalue weighted by Gasteiger charge is 2.20. The molecule has 200 valence electrons. The lowest BCUT2D eigenvalue weighted by atomic mass is 9.98. The first-order valence-corrected chi connectivity index (χ1v) is 14.0. The standard InChI is InChI=1S/C28H32N4O5S/c1-32(20-27(33)30-19-21-15-17-29-18-16-21)28(34)22-11-13-24(14-12-22)38(35,36)31-25-9-5-6-10-26(25)37-23-7-3-2-4-8-23/h2-14,21,29,31H,15-20H2,1H3,(H,30,33). The molecule has 38 heavy (non-hydrogen) atoms. The summed E-state index contributed by atoms with van der Waals surface area (Å²) in [5.41, 5.74) is 0.567. The Morgan fingerprint density at radius 2 is 1.61 bits per heavy atom. The van der Waals surface area contributed by atoms with Crippen molar-refractivity contribution in [2.75, 3.05) is 37.9 Å². The molecule has 4 rings (SSSR count). The van der Waals surface area contributed by atoms with Crippen LogP contribution >= 0.6 is 0 Å². The average Bonchev–Trinajstić information content (AvgIpc) is 2.93. The molecule has 0 atom stereocenters. The van der Waals surface area contributed by atoms with Crippen LogP contribution in [-0.4, -0.2) is 58.4 Å². The van der Waals surface area contributed by atoms with Crippen LogP contribution in [0.2, 0.25) is 0 Å². The summed E-state index contributed by atoms with van der Waals surface area (Å²) in [4.78, 5) is 26.4. The summed E-state index contributed by atoms with van der Waals surface area (Å²) in [5.74, 6) is 0.779. The summed E-state index contributed by atoms with van der Waals surface area (Å²) in [5, 5.41) is 6.19. The maximum atomic E-state index is 13.1. The van der Waals surface area contributed by atoms with Gasteiger partial charge in [0, 0.05) is 19.2 Å². The van der Waals surface area contributed by atoms with E-state index in [0.717, 1.165) is 25.9 Å². The van der Waals surface area contributed by atoms with Crippen LogP contribution in [0.1, 0.15) is 23.2 Å². The van der Waals surface area contributed by atoms with Gasteiger partial charge in [-0.25, -0.2) is 8.42 Å². The maximum absolute atomic E-state index is 13.1. The van der Waals surface area contributed by atoms with Gasteiger partial charge in [-0.1, -0.05) is 30.3 Å². The zero-order valence-electron chi connectivity index (χ0n) is 21.2. The zero-order valence-corrected chi connectivity index (χ0v) is 22.0. The minimum atomic E-state index is -3.95. The van der Waals surface area contributed by atoms with Crippen LogP contribution in [0.3, 0.4) is 0 Å². The van der Waals surface area contributed by atoms with E-state index in [-0.39, 0.29) is 34.5 Å². The highest BCUT2D eigenvalue weighted by atomic mass is 32.2. The van der Waals surface area contributed by atoms with E-state index >= 15 is 0 Å². The monoisotopic (exact) mass is 536 g/mol. The van der Waals surface area contributed by atoms with Gasteiger partial charge in [0.2, 0.25) is 5.91 Å². The SMILES string of the molecule is CN(CC(=O)NCC1CCNCC1)C(=O)c1ccc(S(=O)(=O)Nc2ccccc2Oc2ccccc2)cc1. The second-order valence-electron chi connectivity index (χ2n) is 9.20. The highest BCUT2D eigenvalue weighted by Crippen LogP contribution is 2.31. The van der Waals surface area contributed by atoms with Gasteiger partial charge in [-0.2, -0.15) is 0 Å². The molecule has 1 heterocycles. The normalized spacial score (nSPS) is 13.9. The fourth-order valence-corrected chi connectivity index (χ4v) is 5.21. The Morgan fingerprint density at radius 1 is 0.947 bits per heavy atom. The number of para-hydroxylation sites is 3. The van der Waals surface area contributed by atoms with Crippen LogP contribution in [0.15, 0.2) is 83.8 Å². The van der Waals surface area contributed by atoms with E-state index in [9.17, 15) is 18.0 Å². The number of amides is 2. The van der Waals surface area contributed by atoms with E-state index in [4.69, 9.17) is 4.74 Å². The van der Waals surface area contributed by atoms with Crippen molar-refractivity contribution in [2.24, 2.45) is 5.92 Å². The number of rotatable bonds is 10. The lowest BCUT2D eigenvalue weighted by Crippen LogP contribution is -2.41.